The van der Waals surface area contributed by atoms with Crippen LogP contribution >= 0.6 is 23.1 Å². The second-order valence-corrected chi connectivity index (χ2v) is 9.12. The Labute approximate surface area is 188 Å². The number of carbonyl (C=O) groups is 1. The number of amides is 1. The Balaban J connectivity index is 1.42. The molecule has 1 aliphatic rings. The molecule has 3 aromatic heterocycles. The van der Waals surface area contributed by atoms with Crippen molar-refractivity contribution in [3.8, 4) is 0 Å². The third-order valence-electron chi connectivity index (χ3n) is 5.13. The molecular weight excluding hydrogens is 460 g/mol. The summed E-state index contributed by atoms with van der Waals surface area (Å²) in [6, 6.07) is 4.75. The van der Waals surface area contributed by atoms with Crippen LogP contribution in [0.5, 0.6) is 0 Å². The number of thiophene rings is 1. The van der Waals surface area contributed by atoms with E-state index < -0.39 is 17.5 Å². The average Bonchev–Trinajstić information content (AvgIpc) is 3.52. The number of nitrogens with one attached hydrogen (secondary N) is 1. The first-order valence-corrected chi connectivity index (χ1v) is 11.7. The SMILES string of the molecule is O=C(CSc1nnc2n(CC3CCCO3)c(=O)c3sccc3n12)Nc1ccc(F)cc1F. The molecule has 1 N–H and O–H groups in total. The molecule has 4 heterocycles. The molecule has 1 amide bonds. The van der Waals surface area contributed by atoms with Crippen LogP contribution in [0.25, 0.3) is 16.0 Å². The van der Waals surface area contributed by atoms with E-state index in [9.17, 15) is 18.4 Å². The zero-order valence-corrected chi connectivity index (χ0v) is 18.2. The minimum absolute atomic E-state index is 0.0573. The number of nitrogens with zero attached hydrogens (tertiary/aromatic N) is 4. The summed E-state index contributed by atoms with van der Waals surface area (Å²) in [6.45, 7) is 1.05. The van der Waals surface area contributed by atoms with Gasteiger partial charge in [-0.25, -0.2) is 8.78 Å². The van der Waals surface area contributed by atoms with Crippen molar-refractivity contribution in [2.24, 2.45) is 0 Å². The Kier molecular flexibility index (Phi) is 5.66. The van der Waals surface area contributed by atoms with Crippen LogP contribution in [0.4, 0.5) is 14.5 Å². The summed E-state index contributed by atoms with van der Waals surface area (Å²) in [5.74, 6) is -1.75. The van der Waals surface area contributed by atoms with E-state index in [-0.39, 0.29) is 23.1 Å². The van der Waals surface area contributed by atoms with Crippen molar-refractivity contribution in [3.63, 3.8) is 0 Å². The minimum atomic E-state index is -0.852. The molecule has 1 unspecified atom stereocenters. The average molecular weight is 478 g/mol. The number of hydrogen-bond acceptors (Lipinski definition) is 7. The molecule has 1 fully saturated rings. The van der Waals surface area contributed by atoms with Crippen molar-refractivity contribution in [2.75, 3.05) is 17.7 Å². The first-order chi connectivity index (χ1) is 15.5. The monoisotopic (exact) mass is 477 g/mol. The lowest BCUT2D eigenvalue weighted by Gasteiger charge is -2.13. The molecule has 166 valence electrons. The van der Waals surface area contributed by atoms with E-state index in [2.05, 4.69) is 15.5 Å². The molecule has 32 heavy (non-hydrogen) atoms. The largest absolute Gasteiger partial charge is 0.376 e. The van der Waals surface area contributed by atoms with Crippen LogP contribution in [0, 0.1) is 11.6 Å². The molecular formula is C20H17F2N5O3S2. The van der Waals surface area contributed by atoms with Crippen molar-refractivity contribution in [2.45, 2.75) is 30.6 Å². The van der Waals surface area contributed by atoms with Crippen LogP contribution in [0.1, 0.15) is 12.8 Å². The van der Waals surface area contributed by atoms with Crippen LogP contribution < -0.4 is 10.9 Å². The first kappa shape index (κ1) is 21.0. The summed E-state index contributed by atoms with van der Waals surface area (Å²) in [6.07, 6.45) is 1.77. The third kappa shape index (κ3) is 3.89. The molecule has 0 bridgehead atoms. The van der Waals surface area contributed by atoms with Crippen LogP contribution in [0.2, 0.25) is 0 Å². The molecule has 1 aromatic carbocycles. The highest BCUT2D eigenvalue weighted by Gasteiger charge is 2.23. The lowest BCUT2D eigenvalue weighted by atomic mass is 10.2. The van der Waals surface area contributed by atoms with Gasteiger partial charge in [0.25, 0.3) is 5.56 Å². The van der Waals surface area contributed by atoms with Gasteiger partial charge >= 0.3 is 0 Å². The van der Waals surface area contributed by atoms with E-state index >= 15 is 0 Å². The molecule has 1 aliphatic heterocycles. The number of thioether (sulfide) groups is 1. The number of rotatable bonds is 6. The maximum Gasteiger partial charge on any atom is 0.272 e. The molecule has 0 aliphatic carbocycles. The van der Waals surface area contributed by atoms with Crippen molar-refractivity contribution in [1.29, 1.82) is 0 Å². The predicted molar refractivity (Wildman–Crippen MR) is 117 cm³/mol. The Morgan fingerprint density at radius 3 is 2.97 bits per heavy atom. The van der Waals surface area contributed by atoms with Gasteiger partial charge in [0.05, 0.1) is 29.6 Å². The topological polar surface area (TPSA) is 90.5 Å². The van der Waals surface area contributed by atoms with Gasteiger partial charge in [-0.15, -0.1) is 21.5 Å². The maximum absolute atomic E-state index is 13.8. The van der Waals surface area contributed by atoms with Gasteiger partial charge in [-0.05, 0) is 36.4 Å². The van der Waals surface area contributed by atoms with Crippen molar-refractivity contribution in [1.82, 2.24) is 19.2 Å². The van der Waals surface area contributed by atoms with E-state index in [0.29, 0.717) is 40.4 Å². The van der Waals surface area contributed by atoms with Crippen molar-refractivity contribution >= 4 is 50.7 Å². The number of anilines is 1. The van der Waals surface area contributed by atoms with Gasteiger partial charge in [-0.2, -0.15) is 0 Å². The number of fused-ring (bicyclic) bond motifs is 3. The normalized spacial score (nSPS) is 16.2. The van der Waals surface area contributed by atoms with Crippen LogP contribution in [-0.4, -0.2) is 43.5 Å². The predicted octanol–water partition coefficient (Wildman–Crippen LogP) is 3.29. The maximum atomic E-state index is 13.8. The fourth-order valence-electron chi connectivity index (χ4n) is 3.66. The molecule has 0 spiro atoms. The summed E-state index contributed by atoms with van der Waals surface area (Å²) in [5, 5.41) is 13.1. The molecule has 4 aromatic rings. The summed E-state index contributed by atoms with van der Waals surface area (Å²) in [7, 11) is 0. The van der Waals surface area contributed by atoms with Gasteiger partial charge in [0.15, 0.2) is 5.16 Å². The summed E-state index contributed by atoms with van der Waals surface area (Å²) < 4.78 is 36.4. The van der Waals surface area contributed by atoms with Crippen LogP contribution in [0.15, 0.2) is 39.6 Å². The second-order valence-electron chi connectivity index (χ2n) is 7.26. The number of benzene rings is 1. The van der Waals surface area contributed by atoms with E-state index in [1.54, 1.807) is 8.97 Å². The number of hydrogen-bond donors (Lipinski definition) is 1. The van der Waals surface area contributed by atoms with Gasteiger partial charge in [0, 0.05) is 12.7 Å². The first-order valence-electron chi connectivity index (χ1n) is 9.85. The summed E-state index contributed by atoms with van der Waals surface area (Å²) in [4.78, 5) is 25.4. The zero-order chi connectivity index (χ0) is 22.2. The summed E-state index contributed by atoms with van der Waals surface area (Å²) in [5.41, 5.74) is 0.413. The van der Waals surface area contributed by atoms with Gasteiger partial charge in [0.2, 0.25) is 11.7 Å². The molecule has 12 heteroatoms. The van der Waals surface area contributed by atoms with Gasteiger partial charge in [-0.3, -0.25) is 18.6 Å². The molecule has 8 nitrogen and oxygen atoms in total. The molecule has 1 saturated heterocycles. The Morgan fingerprint density at radius 1 is 1.31 bits per heavy atom. The minimum Gasteiger partial charge on any atom is -0.376 e. The Bertz CT molecular complexity index is 1380. The highest BCUT2D eigenvalue weighted by atomic mass is 32.2. The number of carbonyl (C=O) groups excluding carboxylic acids is 1. The molecule has 1 atom stereocenters. The van der Waals surface area contributed by atoms with Gasteiger partial charge in [0.1, 0.15) is 16.3 Å². The molecule has 0 radical (unpaired) electrons. The van der Waals surface area contributed by atoms with Crippen molar-refractivity contribution < 1.29 is 18.3 Å². The van der Waals surface area contributed by atoms with E-state index in [0.717, 1.165) is 30.7 Å². The highest BCUT2D eigenvalue weighted by molar-refractivity contribution is 7.99. The number of ether oxygens (including phenoxy) is 1. The lowest BCUT2D eigenvalue weighted by Crippen LogP contribution is -2.28. The highest BCUT2D eigenvalue weighted by Crippen LogP contribution is 2.25. The van der Waals surface area contributed by atoms with Crippen LogP contribution in [0.3, 0.4) is 0 Å². The summed E-state index contributed by atoms with van der Waals surface area (Å²) >= 11 is 2.44. The fourth-order valence-corrected chi connectivity index (χ4v) is 5.22. The van der Waals surface area contributed by atoms with Crippen molar-refractivity contribution in [3.05, 3.63) is 51.6 Å². The number of aromatic nitrogens is 4. The van der Waals surface area contributed by atoms with Crippen LogP contribution in [-0.2, 0) is 16.1 Å². The van der Waals surface area contributed by atoms with E-state index in [1.165, 1.54) is 17.4 Å². The van der Waals surface area contributed by atoms with E-state index in [1.807, 2.05) is 11.4 Å². The fraction of sp³-hybridized carbons (Fsp3) is 0.300. The van der Waals surface area contributed by atoms with Gasteiger partial charge in [-0.1, -0.05) is 11.8 Å². The molecule has 5 rings (SSSR count). The molecule has 0 saturated carbocycles. The second kappa shape index (κ2) is 8.60. The third-order valence-corrected chi connectivity index (χ3v) is 6.95. The number of halogens is 2. The lowest BCUT2D eigenvalue weighted by molar-refractivity contribution is -0.113. The Hall–Kier alpha value is -2.83. The van der Waals surface area contributed by atoms with E-state index in [4.69, 9.17) is 4.74 Å². The quantitative estimate of drug-likeness (QED) is 0.429. The Morgan fingerprint density at radius 2 is 2.19 bits per heavy atom. The standard InChI is InChI=1S/C20H17F2N5O3S2/c21-11-3-4-14(13(22)8-11)23-16(28)10-32-20-25-24-19-26(9-12-2-1-6-30-12)18(29)17-15(27(19)20)5-7-31-17/h3-5,7-8,12H,1-2,6,9-10H2,(H,23,28). The zero-order valence-electron chi connectivity index (χ0n) is 16.6. The smallest absolute Gasteiger partial charge is 0.272 e. The van der Waals surface area contributed by atoms with Gasteiger partial charge < -0.3 is 10.1 Å².